The van der Waals surface area contributed by atoms with Gasteiger partial charge in [0.05, 0.1) is 7.11 Å². The van der Waals surface area contributed by atoms with Crippen LogP contribution in [-0.4, -0.2) is 19.7 Å². The van der Waals surface area contributed by atoms with Gasteiger partial charge in [0.2, 0.25) is 0 Å². The normalized spacial score (nSPS) is 30.2. The van der Waals surface area contributed by atoms with Crippen molar-refractivity contribution >= 4 is 0 Å². The molecule has 2 fully saturated rings. The van der Waals surface area contributed by atoms with Gasteiger partial charge in [-0.15, -0.1) is 0 Å². The molecular formula is C18H27NO. The van der Waals surface area contributed by atoms with Crippen LogP contribution in [0.15, 0.2) is 24.3 Å². The van der Waals surface area contributed by atoms with Crippen LogP contribution in [0.3, 0.4) is 0 Å². The van der Waals surface area contributed by atoms with Crippen LogP contribution in [0.4, 0.5) is 0 Å². The summed E-state index contributed by atoms with van der Waals surface area (Å²) in [6.45, 7) is 3.59. The van der Waals surface area contributed by atoms with Crippen molar-refractivity contribution in [2.45, 2.75) is 51.0 Å². The van der Waals surface area contributed by atoms with Crippen molar-refractivity contribution in [3.63, 3.8) is 0 Å². The van der Waals surface area contributed by atoms with E-state index in [4.69, 9.17) is 4.74 Å². The Hall–Kier alpha value is -1.02. The molecule has 2 aliphatic rings. The summed E-state index contributed by atoms with van der Waals surface area (Å²) in [5.41, 5.74) is 1.47. The van der Waals surface area contributed by atoms with E-state index >= 15 is 0 Å². The van der Waals surface area contributed by atoms with Crippen LogP contribution in [0.2, 0.25) is 0 Å². The highest BCUT2D eigenvalue weighted by molar-refractivity contribution is 5.31. The minimum atomic E-state index is 0.695. The van der Waals surface area contributed by atoms with Gasteiger partial charge in [-0.2, -0.15) is 0 Å². The number of ether oxygens (including phenoxy) is 1. The van der Waals surface area contributed by atoms with Gasteiger partial charge < -0.3 is 10.1 Å². The predicted octanol–water partition coefficient (Wildman–Crippen LogP) is 3.97. The Morgan fingerprint density at radius 2 is 2.05 bits per heavy atom. The van der Waals surface area contributed by atoms with Crippen molar-refractivity contribution in [2.75, 3.05) is 13.7 Å². The maximum atomic E-state index is 5.40. The Bertz CT molecular complexity index is 441. The van der Waals surface area contributed by atoms with E-state index in [1.807, 2.05) is 6.07 Å². The van der Waals surface area contributed by atoms with Crippen molar-refractivity contribution in [2.24, 2.45) is 11.8 Å². The zero-order chi connectivity index (χ0) is 13.9. The first-order chi connectivity index (χ1) is 9.76. The third-order valence-corrected chi connectivity index (χ3v) is 5.02. The molecule has 3 atom stereocenters. The van der Waals surface area contributed by atoms with Crippen LogP contribution in [0.25, 0.3) is 0 Å². The molecule has 3 rings (SSSR count). The minimum absolute atomic E-state index is 0.695. The quantitative estimate of drug-likeness (QED) is 0.876. The Balaban J connectivity index is 1.73. The molecule has 0 aliphatic heterocycles. The Labute approximate surface area is 122 Å². The SMILES string of the molecule is COc1cccc(C2CC(C)CCC2CNC2CC2)c1. The second kappa shape index (κ2) is 6.17. The summed E-state index contributed by atoms with van der Waals surface area (Å²) in [6, 6.07) is 9.54. The molecule has 2 saturated carbocycles. The molecule has 1 aromatic rings. The molecule has 0 amide bonds. The molecule has 0 bridgehead atoms. The highest BCUT2D eigenvalue weighted by Crippen LogP contribution is 2.41. The van der Waals surface area contributed by atoms with Crippen LogP contribution < -0.4 is 10.1 Å². The van der Waals surface area contributed by atoms with E-state index in [-0.39, 0.29) is 0 Å². The number of nitrogens with one attached hydrogen (secondary N) is 1. The number of methoxy groups -OCH3 is 1. The van der Waals surface area contributed by atoms with Crippen molar-refractivity contribution in [1.82, 2.24) is 5.32 Å². The van der Waals surface area contributed by atoms with E-state index in [9.17, 15) is 0 Å². The molecule has 0 aromatic heterocycles. The first-order valence-electron chi connectivity index (χ1n) is 8.13. The molecular weight excluding hydrogens is 246 g/mol. The topological polar surface area (TPSA) is 21.3 Å². The first-order valence-corrected chi connectivity index (χ1v) is 8.13. The Kier molecular flexibility index (Phi) is 4.30. The van der Waals surface area contributed by atoms with Gasteiger partial charge in [-0.05, 0) is 67.7 Å². The van der Waals surface area contributed by atoms with Gasteiger partial charge in [-0.1, -0.05) is 25.5 Å². The lowest BCUT2D eigenvalue weighted by atomic mass is 9.71. The summed E-state index contributed by atoms with van der Waals surface area (Å²) in [4.78, 5) is 0. The maximum Gasteiger partial charge on any atom is 0.119 e. The number of benzene rings is 1. The zero-order valence-electron chi connectivity index (χ0n) is 12.8. The number of hydrogen-bond acceptors (Lipinski definition) is 2. The summed E-state index contributed by atoms with van der Waals surface area (Å²) < 4.78 is 5.40. The van der Waals surface area contributed by atoms with Gasteiger partial charge in [0.15, 0.2) is 0 Å². The fraction of sp³-hybridized carbons (Fsp3) is 0.667. The second-order valence-electron chi connectivity index (χ2n) is 6.74. The largest absolute Gasteiger partial charge is 0.497 e. The average Bonchev–Trinajstić information content (AvgIpc) is 3.30. The second-order valence-corrected chi connectivity index (χ2v) is 6.74. The minimum Gasteiger partial charge on any atom is -0.497 e. The number of rotatable bonds is 5. The molecule has 2 heteroatoms. The maximum absolute atomic E-state index is 5.40. The van der Waals surface area contributed by atoms with Gasteiger partial charge in [0.25, 0.3) is 0 Å². The highest BCUT2D eigenvalue weighted by atomic mass is 16.5. The molecule has 0 saturated heterocycles. The molecule has 1 N–H and O–H groups in total. The molecule has 3 unspecified atom stereocenters. The van der Waals surface area contributed by atoms with Crippen LogP contribution >= 0.6 is 0 Å². The van der Waals surface area contributed by atoms with Crippen molar-refractivity contribution in [3.05, 3.63) is 29.8 Å². The summed E-state index contributed by atoms with van der Waals surface area (Å²) >= 11 is 0. The molecule has 20 heavy (non-hydrogen) atoms. The Morgan fingerprint density at radius 3 is 2.80 bits per heavy atom. The third kappa shape index (κ3) is 3.35. The van der Waals surface area contributed by atoms with Crippen molar-refractivity contribution in [3.8, 4) is 5.75 Å². The van der Waals surface area contributed by atoms with E-state index in [0.717, 1.165) is 23.6 Å². The monoisotopic (exact) mass is 273 g/mol. The lowest BCUT2D eigenvalue weighted by Crippen LogP contribution is -2.32. The van der Waals surface area contributed by atoms with E-state index in [1.54, 1.807) is 7.11 Å². The van der Waals surface area contributed by atoms with E-state index in [2.05, 4.69) is 30.4 Å². The molecule has 2 aliphatic carbocycles. The van der Waals surface area contributed by atoms with Gasteiger partial charge in [0, 0.05) is 6.04 Å². The average molecular weight is 273 g/mol. The molecule has 2 nitrogen and oxygen atoms in total. The smallest absolute Gasteiger partial charge is 0.119 e. The fourth-order valence-electron chi connectivity index (χ4n) is 3.57. The lowest BCUT2D eigenvalue weighted by Gasteiger charge is -2.35. The Morgan fingerprint density at radius 1 is 1.20 bits per heavy atom. The van der Waals surface area contributed by atoms with Crippen molar-refractivity contribution < 1.29 is 4.74 Å². The molecule has 1 aromatic carbocycles. The van der Waals surface area contributed by atoms with Gasteiger partial charge in [-0.3, -0.25) is 0 Å². The van der Waals surface area contributed by atoms with Crippen LogP contribution in [-0.2, 0) is 0 Å². The highest BCUT2D eigenvalue weighted by Gasteiger charge is 2.31. The van der Waals surface area contributed by atoms with Crippen LogP contribution in [0, 0.1) is 11.8 Å². The summed E-state index contributed by atoms with van der Waals surface area (Å²) in [5.74, 6) is 3.33. The fourth-order valence-corrected chi connectivity index (χ4v) is 3.57. The van der Waals surface area contributed by atoms with E-state index in [1.165, 1.54) is 44.2 Å². The summed E-state index contributed by atoms with van der Waals surface area (Å²) in [7, 11) is 1.76. The molecule has 110 valence electrons. The standard InChI is InChI=1S/C18H27NO/c1-13-6-7-15(12-19-16-8-9-16)18(10-13)14-4-3-5-17(11-14)20-2/h3-5,11,13,15-16,18-19H,6-10,12H2,1-2H3. The van der Waals surface area contributed by atoms with Gasteiger partial charge in [0.1, 0.15) is 5.75 Å². The van der Waals surface area contributed by atoms with Gasteiger partial charge in [-0.25, -0.2) is 0 Å². The zero-order valence-corrected chi connectivity index (χ0v) is 12.8. The summed E-state index contributed by atoms with van der Waals surface area (Å²) in [6.07, 6.45) is 6.84. The lowest BCUT2D eigenvalue weighted by molar-refractivity contribution is 0.241. The molecule has 0 spiro atoms. The summed E-state index contributed by atoms with van der Waals surface area (Å²) in [5, 5.41) is 3.74. The van der Waals surface area contributed by atoms with E-state index in [0.29, 0.717) is 5.92 Å². The van der Waals surface area contributed by atoms with Crippen LogP contribution in [0.5, 0.6) is 5.75 Å². The molecule has 0 radical (unpaired) electrons. The van der Waals surface area contributed by atoms with Crippen LogP contribution in [0.1, 0.15) is 50.5 Å². The van der Waals surface area contributed by atoms with Crippen molar-refractivity contribution in [1.29, 1.82) is 0 Å². The predicted molar refractivity (Wildman–Crippen MR) is 83.3 cm³/mol. The third-order valence-electron chi connectivity index (χ3n) is 5.02. The van der Waals surface area contributed by atoms with Gasteiger partial charge >= 0.3 is 0 Å². The molecule has 0 heterocycles. The first kappa shape index (κ1) is 13.9. The van der Waals surface area contributed by atoms with E-state index < -0.39 is 0 Å². The number of hydrogen-bond donors (Lipinski definition) is 1.